The quantitative estimate of drug-likeness (QED) is 0.559. The Kier molecular flexibility index (Phi) is 5.87. The van der Waals surface area contributed by atoms with Gasteiger partial charge >= 0.3 is 0 Å². The average molecular weight is 220 g/mol. The Hall–Kier alpha value is -0.520. The Labute approximate surface area is 102 Å². The summed E-state index contributed by atoms with van der Waals surface area (Å²) in [7, 11) is 0. The van der Waals surface area contributed by atoms with Crippen LogP contribution in [0.4, 0.5) is 0 Å². The Morgan fingerprint density at radius 3 is 2.31 bits per heavy atom. The third-order valence-electron chi connectivity index (χ3n) is 4.02. The van der Waals surface area contributed by atoms with Crippen LogP contribution in [0.5, 0.6) is 0 Å². The molecule has 0 aromatic carbocycles. The van der Waals surface area contributed by atoms with Crippen molar-refractivity contribution in [3.05, 3.63) is 23.8 Å². The minimum Gasteiger partial charge on any atom is -0.0877 e. The van der Waals surface area contributed by atoms with Crippen molar-refractivity contribution in [2.45, 2.75) is 59.8 Å². The molecule has 0 aliphatic heterocycles. The third-order valence-corrected chi connectivity index (χ3v) is 4.02. The topological polar surface area (TPSA) is 0 Å². The molecule has 0 radical (unpaired) electrons. The summed E-state index contributed by atoms with van der Waals surface area (Å²) in [6.45, 7) is 9.11. The van der Waals surface area contributed by atoms with Crippen LogP contribution in [0.1, 0.15) is 59.8 Å². The van der Waals surface area contributed by atoms with Gasteiger partial charge in [-0.15, -0.1) is 0 Å². The highest BCUT2D eigenvalue weighted by Gasteiger charge is 2.22. The summed E-state index contributed by atoms with van der Waals surface area (Å²) >= 11 is 0. The lowest BCUT2D eigenvalue weighted by Crippen LogP contribution is -2.18. The van der Waals surface area contributed by atoms with Gasteiger partial charge in [-0.1, -0.05) is 37.6 Å². The van der Waals surface area contributed by atoms with Crippen LogP contribution in [0.25, 0.3) is 0 Å². The summed E-state index contributed by atoms with van der Waals surface area (Å²) in [6, 6.07) is 0. The molecule has 0 atom stereocenters. The molecular weight excluding hydrogens is 192 g/mol. The van der Waals surface area contributed by atoms with Crippen molar-refractivity contribution in [1.82, 2.24) is 0 Å². The summed E-state index contributed by atoms with van der Waals surface area (Å²) in [4.78, 5) is 0. The van der Waals surface area contributed by atoms with E-state index in [2.05, 4.69) is 45.9 Å². The fourth-order valence-electron chi connectivity index (χ4n) is 2.84. The van der Waals surface area contributed by atoms with Crippen molar-refractivity contribution in [2.24, 2.45) is 17.8 Å². The van der Waals surface area contributed by atoms with Gasteiger partial charge in [0, 0.05) is 0 Å². The summed E-state index contributed by atoms with van der Waals surface area (Å²) in [6.07, 6.45) is 13.7. The SMILES string of the molecule is C/C=C\C=C(/C)CC1CCC(C(C)C)CC1. The third kappa shape index (κ3) is 4.55. The van der Waals surface area contributed by atoms with Crippen LogP contribution in [-0.4, -0.2) is 0 Å². The molecule has 0 aromatic rings. The van der Waals surface area contributed by atoms with E-state index in [4.69, 9.17) is 0 Å². The summed E-state index contributed by atoms with van der Waals surface area (Å²) < 4.78 is 0. The van der Waals surface area contributed by atoms with E-state index in [1.807, 2.05) is 0 Å². The van der Waals surface area contributed by atoms with Gasteiger partial charge in [-0.3, -0.25) is 0 Å². The maximum Gasteiger partial charge on any atom is -0.0291 e. The van der Waals surface area contributed by atoms with Gasteiger partial charge in [0.15, 0.2) is 0 Å². The Balaban J connectivity index is 2.32. The molecular formula is C16H28. The monoisotopic (exact) mass is 220 g/mol. The number of hydrogen-bond donors (Lipinski definition) is 0. The van der Waals surface area contributed by atoms with Crippen molar-refractivity contribution < 1.29 is 0 Å². The van der Waals surface area contributed by atoms with Crippen LogP contribution in [0, 0.1) is 17.8 Å². The average Bonchev–Trinajstić information content (AvgIpc) is 2.27. The van der Waals surface area contributed by atoms with Crippen LogP contribution in [-0.2, 0) is 0 Å². The highest BCUT2D eigenvalue weighted by Crippen LogP contribution is 2.35. The standard InChI is InChI=1S/C16H28/c1-5-6-7-14(4)12-15-8-10-16(11-9-15)13(2)3/h5-7,13,15-16H,8-12H2,1-4H3/b6-5-,14-7+. The zero-order valence-corrected chi connectivity index (χ0v) is 11.5. The number of rotatable bonds is 4. The van der Waals surface area contributed by atoms with E-state index in [-0.39, 0.29) is 0 Å². The molecule has 0 nitrogen and oxygen atoms in total. The molecule has 1 saturated carbocycles. The predicted octanol–water partition coefficient (Wildman–Crippen LogP) is 5.36. The predicted molar refractivity (Wildman–Crippen MR) is 73.5 cm³/mol. The lowest BCUT2D eigenvalue weighted by atomic mass is 9.75. The molecule has 0 heteroatoms. The summed E-state index contributed by atoms with van der Waals surface area (Å²) in [5, 5.41) is 0. The molecule has 0 heterocycles. The minimum absolute atomic E-state index is 0.889. The molecule has 0 N–H and O–H groups in total. The molecule has 0 bridgehead atoms. The van der Waals surface area contributed by atoms with E-state index in [0.29, 0.717) is 0 Å². The summed E-state index contributed by atoms with van der Waals surface area (Å²) in [5.41, 5.74) is 1.55. The van der Waals surface area contributed by atoms with Crippen molar-refractivity contribution in [1.29, 1.82) is 0 Å². The molecule has 0 spiro atoms. The highest BCUT2D eigenvalue weighted by atomic mass is 14.3. The maximum atomic E-state index is 2.38. The van der Waals surface area contributed by atoms with Gasteiger partial charge in [0.1, 0.15) is 0 Å². The molecule has 0 amide bonds. The first-order valence-corrected chi connectivity index (χ1v) is 6.92. The summed E-state index contributed by atoms with van der Waals surface area (Å²) in [5.74, 6) is 2.84. The van der Waals surface area contributed by atoms with Crippen LogP contribution in [0.2, 0.25) is 0 Å². The fourth-order valence-corrected chi connectivity index (χ4v) is 2.84. The van der Waals surface area contributed by atoms with Gasteiger partial charge < -0.3 is 0 Å². The molecule has 1 aliphatic carbocycles. The molecule has 1 aliphatic rings. The molecule has 0 saturated heterocycles. The van der Waals surface area contributed by atoms with Gasteiger partial charge in [0.05, 0.1) is 0 Å². The second-order valence-electron chi connectivity index (χ2n) is 5.77. The van der Waals surface area contributed by atoms with Crippen LogP contribution in [0.15, 0.2) is 23.8 Å². The van der Waals surface area contributed by atoms with E-state index in [9.17, 15) is 0 Å². The van der Waals surface area contributed by atoms with Crippen molar-refractivity contribution in [3.8, 4) is 0 Å². The van der Waals surface area contributed by atoms with E-state index in [0.717, 1.165) is 17.8 Å². The maximum absolute atomic E-state index is 2.38. The van der Waals surface area contributed by atoms with Gasteiger partial charge in [0.2, 0.25) is 0 Å². The molecule has 0 aromatic heterocycles. The zero-order chi connectivity index (χ0) is 12.0. The number of hydrogen-bond acceptors (Lipinski definition) is 0. The fraction of sp³-hybridized carbons (Fsp3) is 0.750. The number of allylic oxidation sites excluding steroid dienone is 4. The van der Waals surface area contributed by atoms with Gasteiger partial charge in [-0.05, 0) is 63.7 Å². The van der Waals surface area contributed by atoms with Crippen LogP contribution < -0.4 is 0 Å². The first kappa shape index (κ1) is 13.5. The van der Waals surface area contributed by atoms with E-state index in [1.165, 1.54) is 32.1 Å². The van der Waals surface area contributed by atoms with E-state index < -0.39 is 0 Å². The first-order chi connectivity index (χ1) is 7.63. The zero-order valence-electron chi connectivity index (χ0n) is 11.5. The lowest BCUT2D eigenvalue weighted by Gasteiger charge is -2.31. The second kappa shape index (κ2) is 6.93. The Morgan fingerprint density at radius 1 is 1.19 bits per heavy atom. The van der Waals surface area contributed by atoms with Gasteiger partial charge in [-0.2, -0.15) is 0 Å². The van der Waals surface area contributed by atoms with Gasteiger partial charge in [0.25, 0.3) is 0 Å². The van der Waals surface area contributed by atoms with Crippen molar-refractivity contribution >= 4 is 0 Å². The minimum atomic E-state index is 0.889. The van der Waals surface area contributed by atoms with Crippen LogP contribution >= 0.6 is 0 Å². The van der Waals surface area contributed by atoms with E-state index >= 15 is 0 Å². The van der Waals surface area contributed by atoms with Gasteiger partial charge in [-0.25, -0.2) is 0 Å². The largest absolute Gasteiger partial charge is 0.0877 e. The Morgan fingerprint density at radius 2 is 1.81 bits per heavy atom. The lowest BCUT2D eigenvalue weighted by molar-refractivity contribution is 0.223. The van der Waals surface area contributed by atoms with Crippen LogP contribution in [0.3, 0.4) is 0 Å². The van der Waals surface area contributed by atoms with Crippen molar-refractivity contribution in [2.75, 3.05) is 0 Å². The Bertz CT molecular complexity index is 237. The second-order valence-corrected chi connectivity index (χ2v) is 5.77. The molecule has 92 valence electrons. The normalized spacial score (nSPS) is 27.9. The van der Waals surface area contributed by atoms with Crippen molar-refractivity contribution in [3.63, 3.8) is 0 Å². The highest BCUT2D eigenvalue weighted by molar-refractivity contribution is 5.10. The first-order valence-electron chi connectivity index (χ1n) is 6.92. The molecule has 1 rings (SSSR count). The molecule has 1 fully saturated rings. The van der Waals surface area contributed by atoms with E-state index in [1.54, 1.807) is 5.57 Å². The molecule has 0 unspecified atom stereocenters. The smallest absolute Gasteiger partial charge is 0.0291 e. The molecule has 16 heavy (non-hydrogen) atoms.